The molecule has 2 aliphatic rings. The van der Waals surface area contributed by atoms with E-state index in [1.165, 1.54) is 10.3 Å². The average Bonchev–Trinajstić information content (AvgIpc) is 3.30. The molecule has 7 heteroatoms. The van der Waals surface area contributed by atoms with Crippen molar-refractivity contribution in [3.8, 4) is 0 Å². The second kappa shape index (κ2) is 7.25. The Kier molecular flexibility index (Phi) is 4.85. The summed E-state index contributed by atoms with van der Waals surface area (Å²) >= 11 is 1.73. The van der Waals surface area contributed by atoms with Gasteiger partial charge in [0.1, 0.15) is 12.1 Å². The van der Waals surface area contributed by atoms with E-state index < -0.39 is 0 Å². The molecule has 25 heavy (non-hydrogen) atoms. The zero-order valence-corrected chi connectivity index (χ0v) is 15.4. The van der Waals surface area contributed by atoms with Gasteiger partial charge in [-0.1, -0.05) is 0 Å². The number of thiophene rings is 1. The van der Waals surface area contributed by atoms with Crippen LogP contribution in [0.3, 0.4) is 0 Å². The van der Waals surface area contributed by atoms with Gasteiger partial charge in [0.25, 0.3) is 0 Å². The summed E-state index contributed by atoms with van der Waals surface area (Å²) in [6.45, 7) is 5.78. The maximum atomic E-state index is 12.2. The Labute approximate surface area is 152 Å². The largest absolute Gasteiger partial charge is 0.355 e. The van der Waals surface area contributed by atoms with Gasteiger partial charge in [-0.2, -0.15) is 0 Å². The number of hydrogen-bond donors (Lipinski definition) is 2. The lowest BCUT2D eigenvalue weighted by atomic mass is 9.97. The zero-order chi connectivity index (χ0) is 17.2. The number of hydrogen-bond acceptors (Lipinski definition) is 6. The fourth-order valence-electron chi connectivity index (χ4n) is 3.88. The first-order chi connectivity index (χ1) is 12.2. The van der Waals surface area contributed by atoms with Crippen molar-refractivity contribution in [3.63, 3.8) is 0 Å². The van der Waals surface area contributed by atoms with E-state index in [-0.39, 0.29) is 11.9 Å². The van der Waals surface area contributed by atoms with E-state index in [0.29, 0.717) is 5.92 Å². The minimum Gasteiger partial charge on any atom is -0.355 e. The van der Waals surface area contributed by atoms with Gasteiger partial charge in [0.2, 0.25) is 5.91 Å². The van der Waals surface area contributed by atoms with E-state index in [4.69, 9.17) is 0 Å². The van der Waals surface area contributed by atoms with Crippen LogP contribution < -0.4 is 15.5 Å². The van der Waals surface area contributed by atoms with Crippen LogP contribution >= 0.6 is 11.3 Å². The molecule has 2 aromatic heterocycles. The molecule has 0 radical (unpaired) electrons. The van der Waals surface area contributed by atoms with E-state index in [2.05, 4.69) is 37.8 Å². The summed E-state index contributed by atoms with van der Waals surface area (Å²) in [6, 6.07) is 0.00952. The summed E-state index contributed by atoms with van der Waals surface area (Å²) in [5, 5.41) is 8.56. The third-order valence-corrected chi connectivity index (χ3v) is 6.36. The molecule has 134 valence electrons. The molecule has 2 N–H and O–H groups in total. The Bertz CT molecular complexity index is 755. The van der Waals surface area contributed by atoms with Gasteiger partial charge < -0.3 is 15.5 Å². The molecule has 1 amide bonds. The maximum absolute atomic E-state index is 12.2. The molecular weight excluding hydrogens is 334 g/mol. The molecule has 4 rings (SSSR count). The molecule has 2 saturated heterocycles. The predicted octanol–water partition coefficient (Wildman–Crippen LogP) is 2.08. The number of carbonyl (C=O) groups is 1. The Morgan fingerprint density at radius 3 is 3.16 bits per heavy atom. The van der Waals surface area contributed by atoms with Gasteiger partial charge in [0.15, 0.2) is 0 Å². The van der Waals surface area contributed by atoms with Crippen LogP contribution in [-0.4, -0.2) is 48.1 Å². The molecule has 2 atom stereocenters. The van der Waals surface area contributed by atoms with Gasteiger partial charge in [-0.15, -0.1) is 11.3 Å². The standard InChI is InChI=1S/C18H25N5OS/c1-12-10-25-16-15(12)21-11-22-17(16)23-7-3-4-13(9-23)8-20-18(24)14-5-2-6-19-14/h10-11,13-14,19H,2-9H2,1H3,(H,20,24). The van der Waals surface area contributed by atoms with Gasteiger partial charge in [-0.25, -0.2) is 9.97 Å². The van der Waals surface area contributed by atoms with Crippen LogP contribution in [-0.2, 0) is 4.79 Å². The number of nitrogens with one attached hydrogen (secondary N) is 2. The number of rotatable bonds is 4. The fraction of sp³-hybridized carbons (Fsp3) is 0.611. The third kappa shape index (κ3) is 3.48. The zero-order valence-electron chi connectivity index (χ0n) is 14.6. The monoisotopic (exact) mass is 359 g/mol. The van der Waals surface area contributed by atoms with Gasteiger partial charge in [0.05, 0.1) is 16.3 Å². The number of piperidine rings is 1. The molecule has 0 spiro atoms. The van der Waals surface area contributed by atoms with E-state index in [9.17, 15) is 4.79 Å². The Morgan fingerprint density at radius 2 is 2.32 bits per heavy atom. The van der Waals surface area contributed by atoms with Crippen molar-refractivity contribution < 1.29 is 4.79 Å². The molecule has 0 saturated carbocycles. The highest BCUT2D eigenvalue weighted by Gasteiger charge is 2.26. The number of aryl methyl sites for hydroxylation is 1. The lowest BCUT2D eigenvalue weighted by molar-refractivity contribution is -0.122. The number of nitrogens with zero attached hydrogens (tertiary/aromatic N) is 3. The van der Waals surface area contributed by atoms with Crippen molar-refractivity contribution >= 4 is 33.3 Å². The Morgan fingerprint density at radius 1 is 1.40 bits per heavy atom. The Hall–Kier alpha value is -1.73. The minimum absolute atomic E-state index is 0.00952. The topological polar surface area (TPSA) is 70.2 Å². The summed E-state index contributed by atoms with van der Waals surface area (Å²) in [5.74, 6) is 1.69. The molecule has 0 aromatic carbocycles. The lowest BCUT2D eigenvalue weighted by Gasteiger charge is -2.34. The van der Waals surface area contributed by atoms with Crippen LogP contribution in [0.25, 0.3) is 10.2 Å². The minimum atomic E-state index is 0.00952. The summed E-state index contributed by atoms with van der Waals surface area (Å²) in [6.07, 6.45) is 6.03. The van der Waals surface area contributed by atoms with Crippen LogP contribution in [0.4, 0.5) is 5.82 Å². The van der Waals surface area contributed by atoms with E-state index in [1.54, 1.807) is 17.7 Å². The van der Waals surface area contributed by atoms with Gasteiger partial charge in [-0.05, 0) is 56.0 Å². The van der Waals surface area contributed by atoms with Crippen LogP contribution in [0.2, 0.25) is 0 Å². The summed E-state index contributed by atoms with van der Waals surface area (Å²) in [7, 11) is 0. The van der Waals surface area contributed by atoms with Gasteiger partial charge >= 0.3 is 0 Å². The van der Waals surface area contributed by atoms with Gasteiger partial charge in [-0.3, -0.25) is 4.79 Å². The SMILES string of the molecule is Cc1csc2c(N3CCCC(CNC(=O)C4CCCN4)C3)ncnc12. The van der Waals surface area contributed by atoms with Crippen molar-refractivity contribution in [2.24, 2.45) is 5.92 Å². The van der Waals surface area contributed by atoms with Gasteiger partial charge in [0, 0.05) is 19.6 Å². The number of amides is 1. The highest BCUT2D eigenvalue weighted by molar-refractivity contribution is 7.18. The fourth-order valence-corrected chi connectivity index (χ4v) is 4.90. The number of aromatic nitrogens is 2. The molecular formula is C18H25N5OS. The Balaban J connectivity index is 1.41. The summed E-state index contributed by atoms with van der Waals surface area (Å²) < 4.78 is 1.18. The van der Waals surface area contributed by atoms with Crippen molar-refractivity contribution in [2.75, 3.05) is 31.1 Å². The molecule has 0 bridgehead atoms. The van der Waals surface area contributed by atoms with Crippen LogP contribution in [0.5, 0.6) is 0 Å². The van der Waals surface area contributed by atoms with E-state index in [1.807, 2.05) is 0 Å². The molecule has 0 aliphatic carbocycles. The number of fused-ring (bicyclic) bond motifs is 1. The number of anilines is 1. The normalized spacial score (nSPS) is 24.0. The first-order valence-corrected chi connectivity index (χ1v) is 10.0. The van der Waals surface area contributed by atoms with Crippen LogP contribution in [0, 0.1) is 12.8 Å². The second-order valence-corrected chi connectivity index (χ2v) is 8.02. The molecule has 2 aromatic rings. The maximum Gasteiger partial charge on any atom is 0.237 e. The molecule has 2 aliphatic heterocycles. The second-order valence-electron chi connectivity index (χ2n) is 7.14. The molecule has 2 unspecified atom stereocenters. The van der Waals surface area contributed by atoms with E-state index in [0.717, 1.165) is 63.2 Å². The van der Waals surface area contributed by atoms with Crippen molar-refractivity contribution in [2.45, 2.75) is 38.6 Å². The quantitative estimate of drug-likeness (QED) is 0.875. The molecule has 4 heterocycles. The van der Waals surface area contributed by atoms with Crippen LogP contribution in [0.15, 0.2) is 11.7 Å². The van der Waals surface area contributed by atoms with Crippen molar-refractivity contribution in [3.05, 3.63) is 17.3 Å². The van der Waals surface area contributed by atoms with Crippen molar-refractivity contribution in [1.82, 2.24) is 20.6 Å². The highest BCUT2D eigenvalue weighted by atomic mass is 32.1. The average molecular weight is 359 g/mol. The third-order valence-electron chi connectivity index (χ3n) is 5.27. The first kappa shape index (κ1) is 16.7. The van der Waals surface area contributed by atoms with Crippen molar-refractivity contribution in [1.29, 1.82) is 0 Å². The summed E-state index contributed by atoms with van der Waals surface area (Å²) in [4.78, 5) is 23.6. The highest BCUT2D eigenvalue weighted by Crippen LogP contribution is 2.32. The van der Waals surface area contributed by atoms with E-state index >= 15 is 0 Å². The summed E-state index contributed by atoms with van der Waals surface area (Å²) in [5.41, 5.74) is 2.28. The predicted molar refractivity (Wildman–Crippen MR) is 101 cm³/mol. The first-order valence-electron chi connectivity index (χ1n) is 9.17. The lowest BCUT2D eigenvalue weighted by Crippen LogP contribution is -2.45. The van der Waals surface area contributed by atoms with Crippen LogP contribution in [0.1, 0.15) is 31.2 Å². The number of carbonyl (C=O) groups excluding carboxylic acids is 1. The molecule has 6 nitrogen and oxygen atoms in total. The smallest absolute Gasteiger partial charge is 0.237 e. The molecule has 2 fully saturated rings.